The second-order valence-corrected chi connectivity index (χ2v) is 5.58. The highest BCUT2D eigenvalue weighted by Crippen LogP contribution is 2.25. The summed E-state index contributed by atoms with van der Waals surface area (Å²) in [6.07, 6.45) is 1.43. The Morgan fingerprint density at radius 3 is 2.36 bits per heavy atom. The number of anilines is 2. The third-order valence-corrected chi connectivity index (χ3v) is 3.73. The molecule has 3 nitrogen and oxygen atoms in total. The molecule has 1 amide bonds. The molecule has 2 aromatic carbocycles. The van der Waals surface area contributed by atoms with Crippen molar-refractivity contribution in [3.8, 4) is 0 Å². The van der Waals surface area contributed by atoms with E-state index in [-0.39, 0.29) is 11.9 Å². The summed E-state index contributed by atoms with van der Waals surface area (Å²) in [7, 11) is 0. The van der Waals surface area contributed by atoms with E-state index in [0.717, 1.165) is 22.8 Å². The number of hydrogen-bond acceptors (Lipinski definition) is 2. The second kappa shape index (κ2) is 7.85. The van der Waals surface area contributed by atoms with Gasteiger partial charge in [0.2, 0.25) is 5.91 Å². The number of amides is 1. The predicted molar refractivity (Wildman–Crippen MR) is 93.5 cm³/mol. The molecule has 22 heavy (non-hydrogen) atoms. The summed E-state index contributed by atoms with van der Waals surface area (Å²) < 4.78 is 0. The molecule has 0 bridgehead atoms. The number of carbonyl (C=O) groups excluding carboxylic acids is 1. The molecule has 2 N–H and O–H groups in total. The Labute approximate surface area is 136 Å². The Kier molecular flexibility index (Phi) is 5.84. The Bertz CT molecular complexity index is 625. The van der Waals surface area contributed by atoms with Gasteiger partial charge in [0.25, 0.3) is 0 Å². The van der Waals surface area contributed by atoms with Crippen molar-refractivity contribution in [1.82, 2.24) is 0 Å². The average molecular weight is 317 g/mol. The van der Waals surface area contributed by atoms with Crippen molar-refractivity contribution < 1.29 is 4.79 Å². The first-order valence-electron chi connectivity index (χ1n) is 7.54. The molecule has 2 rings (SSSR count). The molecule has 0 aliphatic carbocycles. The van der Waals surface area contributed by atoms with Crippen LogP contribution in [0.4, 0.5) is 11.4 Å². The van der Waals surface area contributed by atoms with Gasteiger partial charge in [0.15, 0.2) is 0 Å². The molecular formula is C18H21ClN2O. The lowest BCUT2D eigenvalue weighted by atomic mass is 10.0. The van der Waals surface area contributed by atoms with Crippen molar-refractivity contribution in [2.75, 3.05) is 10.6 Å². The Morgan fingerprint density at radius 1 is 1.09 bits per heavy atom. The SMILES string of the molecule is CCC(=O)Nc1ccc(NC(CC)c2cccc(Cl)c2)cc1. The van der Waals surface area contributed by atoms with Crippen LogP contribution in [-0.4, -0.2) is 5.91 Å². The fraction of sp³-hybridized carbons (Fsp3) is 0.278. The van der Waals surface area contributed by atoms with Crippen molar-refractivity contribution in [2.24, 2.45) is 0 Å². The van der Waals surface area contributed by atoms with Crippen molar-refractivity contribution in [1.29, 1.82) is 0 Å². The van der Waals surface area contributed by atoms with Crippen LogP contribution in [0.5, 0.6) is 0 Å². The molecule has 0 aromatic heterocycles. The first-order valence-corrected chi connectivity index (χ1v) is 7.92. The predicted octanol–water partition coefficient (Wildman–Crippen LogP) is 5.25. The fourth-order valence-corrected chi connectivity index (χ4v) is 2.44. The number of nitrogens with one attached hydrogen (secondary N) is 2. The van der Waals surface area contributed by atoms with Crippen LogP contribution >= 0.6 is 11.6 Å². The number of rotatable bonds is 6. The van der Waals surface area contributed by atoms with E-state index in [1.54, 1.807) is 0 Å². The highest BCUT2D eigenvalue weighted by Gasteiger charge is 2.09. The lowest BCUT2D eigenvalue weighted by Crippen LogP contribution is -2.11. The highest BCUT2D eigenvalue weighted by molar-refractivity contribution is 6.30. The largest absolute Gasteiger partial charge is 0.378 e. The molecule has 0 fully saturated rings. The van der Waals surface area contributed by atoms with Crippen LogP contribution in [-0.2, 0) is 4.79 Å². The molecular weight excluding hydrogens is 296 g/mol. The van der Waals surface area contributed by atoms with Gasteiger partial charge in [0.05, 0.1) is 6.04 Å². The van der Waals surface area contributed by atoms with Gasteiger partial charge in [-0.15, -0.1) is 0 Å². The maximum absolute atomic E-state index is 11.4. The first kappa shape index (κ1) is 16.4. The van der Waals surface area contributed by atoms with Gasteiger partial charge in [-0.05, 0) is 48.4 Å². The minimum atomic E-state index is 0.0195. The maximum atomic E-state index is 11.4. The Hall–Kier alpha value is -2.00. The summed E-state index contributed by atoms with van der Waals surface area (Å²) in [6, 6.07) is 15.9. The Morgan fingerprint density at radius 2 is 1.77 bits per heavy atom. The number of halogens is 1. The average Bonchev–Trinajstić information content (AvgIpc) is 2.54. The van der Waals surface area contributed by atoms with E-state index >= 15 is 0 Å². The lowest BCUT2D eigenvalue weighted by Gasteiger charge is -2.19. The molecule has 4 heteroatoms. The second-order valence-electron chi connectivity index (χ2n) is 5.14. The smallest absolute Gasteiger partial charge is 0.224 e. The van der Waals surface area contributed by atoms with Crippen LogP contribution in [0.1, 0.15) is 38.3 Å². The van der Waals surface area contributed by atoms with Gasteiger partial charge in [-0.2, -0.15) is 0 Å². The van der Waals surface area contributed by atoms with Gasteiger partial charge in [0.1, 0.15) is 0 Å². The van der Waals surface area contributed by atoms with Crippen molar-refractivity contribution >= 4 is 28.9 Å². The van der Waals surface area contributed by atoms with E-state index in [0.29, 0.717) is 6.42 Å². The molecule has 0 spiro atoms. The van der Waals surface area contributed by atoms with Crippen LogP contribution in [0.15, 0.2) is 48.5 Å². The molecule has 1 atom stereocenters. The van der Waals surface area contributed by atoms with Crippen LogP contribution in [0.2, 0.25) is 5.02 Å². The summed E-state index contributed by atoms with van der Waals surface area (Å²) in [6.45, 7) is 3.97. The summed E-state index contributed by atoms with van der Waals surface area (Å²) in [4.78, 5) is 11.4. The standard InChI is InChI=1S/C18H21ClN2O/c1-3-17(13-6-5-7-14(19)12-13)20-15-8-10-16(11-9-15)21-18(22)4-2/h5-12,17,20H,3-4H2,1-2H3,(H,21,22). The molecule has 0 aliphatic heterocycles. The van der Waals surface area contributed by atoms with E-state index < -0.39 is 0 Å². The molecule has 0 heterocycles. The fourth-order valence-electron chi connectivity index (χ4n) is 2.24. The molecule has 0 radical (unpaired) electrons. The molecule has 0 saturated carbocycles. The van der Waals surface area contributed by atoms with Crippen molar-refractivity contribution in [2.45, 2.75) is 32.7 Å². The zero-order chi connectivity index (χ0) is 15.9. The third-order valence-electron chi connectivity index (χ3n) is 3.49. The summed E-state index contributed by atoms with van der Waals surface area (Å²) in [5.41, 5.74) is 2.99. The van der Waals surface area contributed by atoms with Crippen molar-refractivity contribution in [3.05, 3.63) is 59.1 Å². The quantitative estimate of drug-likeness (QED) is 0.764. The highest BCUT2D eigenvalue weighted by atomic mass is 35.5. The first-order chi connectivity index (χ1) is 10.6. The summed E-state index contributed by atoms with van der Waals surface area (Å²) >= 11 is 6.06. The zero-order valence-electron chi connectivity index (χ0n) is 12.9. The number of carbonyl (C=O) groups is 1. The maximum Gasteiger partial charge on any atom is 0.224 e. The lowest BCUT2D eigenvalue weighted by molar-refractivity contribution is -0.115. The molecule has 1 unspecified atom stereocenters. The van der Waals surface area contributed by atoms with Gasteiger partial charge >= 0.3 is 0 Å². The van der Waals surface area contributed by atoms with Gasteiger partial charge < -0.3 is 10.6 Å². The van der Waals surface area contributed by atoms with Crippen LogP contribution < -0.4 is 10.6 Å². The summed E-state index contributed by atoms with van der Waals surface area (Å²) in [5.74, 6) is 0.0195. The zero-order valence-corrected chi connectivity index (χ0v) is 13.7. The topological polar surface area (TPSA) is 41.1 Å². The van der Waals surface area contributed by atoms with E-state index in [1.807, 2.05) is 49.4 Å². The van der Waals surface area contributed by atoms with Gasteiger partial charge in [0, 0.05) is 22.8 Å². The number of benzene rings is 2. The van der Waals surface area contributed by atoms with Gasteiger partial charge in [-0.1, -0.05) is 37.6 Å². The van der Waals surface area contributed by atoms with Gasteiger partial charge in [-0.25, -0.2) is 0 Å². The normalized spacial score (nSPS) is 11.8. The monoisotopic (exact) mass is 316 g/mol. The third kappa shape index (κ3) is 4.50. The van der Waals surface area contributed by atoms with Crippen LogP contribution in [0.3, 0.4) is 0 Å². The van der Waals surface area contributed by atoms with Crippen LogP contribution in [0, 0.1) is 0 Å². The molecule has 0 aliphatic rings. The van der Waals surface area contributed by atoms with Gasteiger partial charge in [-0.3, -0.25) is 4.79 Å². The Balaban J connectivity index is 2.06. The van der Waals surface area contributed by atoms with E-state index in [9.17, 15) is 4.79 Å². The molecule has 116 valence electrons. The summed E-state index contributed by atoms with van der Waals surface area (Å²) in [5, 5.41) is 7.08. The number of hydrogen-bond donors (Lipinski definition) is 2. The molecule has 0 saturated heterocycles. The van der Waals surface area contributed by atoms with E-state index in [2.05, 4.69) is 23.6 Å². The minimum Gasteiger partial charge on any atom is -0.378 e. The van der Waals surface area contributed by atoms with E-state index in [1.165, 1.54) is 5.56 Å². The van der Waals surface area contributed by atoms with Crippen molar-refractivity contribution in [3.63, 3.8) is 0 Å². The van der Waals surface area contributed by atoms with E-state index in [4.69, 9.17) is 11.6 Å². The molecule has 2 aromatic rings. The van der Waals surface area contributed by atoms with Crippen LogP contribution in [0.25, 0.3) is 0 Å². The minimum absolute atomic E-state index is 0.0195.